The van der Waals surface area contributed by atoms with Crippen LogP contribution in [0.2, 0.25) is 0 Å². The van der Waals surface area contributed by atoms with Gasteiger partial charge in [-0.25, -0.2) is 11.6 Å². The van der Waals surface area contributed by atoms with E-state index < -0.39 is 0 Å². The molecule has 2 aliphatic carbocycles. The molecule has 43 heavy (non-hydrogen) atoms. The Kier molecular flexibility index (Phi) is 13.8. The first kappa shape index (κ1) is 36.9. The van der Waals surface area contributed by atoms with Gasteiger partial charge in [-0.2, -0.15) is 29.8 Å². The SMILES string of the molecule is CC(C)(C)c1[c-]c2c(cc1)-c1ccc(C(C)(C)C)cc1C2.CC1=CC[C-]=C1.Cl.Cl.[Zr+2]=[C](c1ccccc1)c1ccccc1. The van der Waals surface area contributed by atoms with E-state index >= 15 is 0 Å². The zero-order valence-electron chi connectivity index (χ0n) is 26.5. The second-order valence-electron chi connectivity index (χ2n) is 12.9. The summed E-state index contributed by atoms with van der Waals surface area (Å²) >= 11 is 1.46. The van der Waals surface area contributed by atoms with E-state index in [0.717, 1.165) is 12.8 Å². The van der Waals surface area contributed by atoms with Crippen LogP contribution in [0.5, 0.6) is 0 Å². The normalized spacial score (nSPS) is 12.6. The fourth-order valence-electron chi connectivity index (χ4n) is 4.90. The molecule has 0 heterocycles. The van der Waals surface area contributed by atoms with Crippen LogP contribution >= 0.6 is 24.8 Å². The average Bonchev–Trinajstić information content (AvgIpc) is 3.59. The molecule has 2 aliphatic rings. The summed E-state index contributed by atoms with van der Waals surface area (Å²) in [5, 5.41) is 0. The van der Waals surface area contributed by atoms with E-state index in [1.807, 2.05) is 6.08 Å². The Morgan fingerprint density at radius 3 is 1.70 bits per heavy atom. The van der Waals surface area contributed by atoms with Gasteiger partial charge in [-0.3, -0.25) is 6.08 Å². The number of hydrogen-bond acceptors (Lipinski definition) is 0. The van der Waals surface area contributed by atoms with Crippen LogP contribution in [0.4, 0.5) is 0 Å². The van der Waals surface area contributed by atoms with Gasteiger partial charge >= 0.3 is 99.2 Å². The van der Waals surface area contributed by atoms with Crippen LogP contribution in [0.3, 0.4) is 0 Å². The summed E-state index contributed by atoms with van der Waals surface area (Å²) in [7, 11) is 0. The van der Waals surface area contributed by atoms with Crippen molar-refractivity contribution >= 4 is 28.0 Å². The zero-order chi connectivity index (χ0) is 29.6. The van der Waals surface area contributed by atoms with Crippen LogP contribution in [0, 0.1) is 12.1 Å². The molecule has 6 rings (SSSR count). The van der Waals surface area contributed by atoms with E-state index in [9.17, 15) is 0 Å². The molecule has 0 bridgehead atoms. The Morgan fingerprint density at radius 1 is 0.698 bits per heavy atom. The van der Waals surface area contributed by atoms with Gasteiger partial charge in [0.2, 0.25) is 0 Å². The summed E-state index contributed by atoms with van der Waals surface area (Å²) in [5.74, 6) is 0. The van der Waals surface area contributed by atoms with Gasteiger partial charge in [0.15, 0.2) is 0 Å². The molecule has 0 amide bonds. The predicted octanol–water partition coefficient (Wildman–Crippen LogP) is 11.0. The molecule has 0 aliphatic heterocycles. The summed E-state index contributed by atoms with van der Waals surface area (Å²) in [6.45, 7) is 15.7. The molecule has 222 valence electrons. The standard InChI is InChI=1S/C21H25.C13H10.C6H7.2ClH.Zr/c1-20(2,3)16-7-9-18-14(12-16)11-15-13-17(21(4,5)6)8-10-19(15)18;1-3-7-12(8-4-1)11-13-9-5-2-6-10-13;1-6-4-2-3-5-6;;;/h7-10,12H,11H2,1-6H3;1-10H;4-5H,2H2,1H3;2*1H;/q-1;;-1;;;+2. The third-order valence-corrected chi connectivity index (χ3v) is 8.88. The summed E-state index contributed by atoms with van der Waals surface area (Å²) in [4.78, 5) is 0. The molecule has 0 aromatic heterocycles. The Hall–Kier alpha value is -2.31. The van der Waals surface area contributed by atoms with Gasteiger partial charge in [0, 0.05) is 0 Å². The summed E-state index contributed by atoms with van der Waals surface area (Å²) < 4.78 is 1.42. The fourth-order valence-corrected chi connectivity index (χ4v) is 5.72. The van der Waals surface area contributed by atoms with E-state index in [1.54, 1.807) is 0 Å². The van der Waals surface area contributed by atoms with Crippen molar-refractivity contribution in [3.05, 3.63) is 154 Å². The van der Waals surface area contributed by atoms with Gasteiger partial charge in [-0.15, -0.1) is 49.3 Å². The first-order valence-electron chi connectivity index (χ1n) is 14.6. The minimum absolute atomic E-state index is 0. The van der Waals surface area contributed by atoms with Crippen LogP contribution in [-0.2, 0) is 41.5 Å². The summed E-state index contributed by atoms with van der Waals surface area (Å²) in [6.07, 6.45) is 9.27. The van der Waals surface area contributed by atoms with Crippen molar-refractivity contribution in [3.63, 3.8) is 0 Å². The van der Waals surface area contributed by atoms with Crippen molar-refractivity contribution in [2.24, 2.45) is 0 Å². The molecular weight excluding hydrogens is 643 g/mol. The van der Waals surface area contributed by atoms with Crippen LogP contribution < -0.4 is 0 Å². The van der Waals surface area contributed by atoms with Crippen molar-refractivity contribution in [1.82, 2.24) is 0 Å². The third-order valence-electron chi connectivity index (χ3n) is 7.46. The Bertz CT molecular complexity index is 1440. The number of fused-ring (bicyclic) bond motifs is 3. The number of allylic oxidation sites excluding steroid dienone is 4. The molecule has 0 N–H and O–H groups in total. The molecule has 0 atom stereocenters. The van der Waals surface area contributed by atoms with Crippen LogP contribution in [0.25, 0.3) is 11.1 Å². The maximum atomic E-state index is 3.67. The molecule has 0 radical (unpaired) electrons. The first-order valence-corrected chi connectivity index (χ1v) is 15.8. The van der Waals surface area contributed by atoms with Crippen molar-refractivity contribution in [2.45, 2.75) is 72.1 Å². The molecule has 0 saturated heterocycles. The van der Waals surface area contributed by atoms with Crippen LogP contribution in [-0.4, -0.2) is 3.21 Å². The predicted molar refractivity (Wildman–Crippen MR) is 188 cm³/mol. The molecule has 0 spiro atoms. The summed E-state index contributed by atoms with van der Waals surface area (Å²) in [6, 6.07) is 36.3. The van der Waals surface area contributed by atoms with Crippen LogP contribution in [0.1, 0.15) is 88.3 Å². The van der Waals surface area contributed by atoms with Gasteiger partial charge in [-0.1, -0.05) is 65.3 Å². The van der Waals surface area contributed by atoms with Crippen molar-refractivity contribution in [2.75, 3.05) is 0 Å². The molecule has 0 fully saturated rings. The average molecular weight is 687 g/mol. The van der Waals surface area contributed by atoms with E-state index in [-0.39, 0.29) is 35.6 Å². The van der Waals surface area contributed by atoms with Crippen molar-refractivity contribution in [3.8, 4) is 11.1 Å². The van der Waals surface area contributed by atoms with E-state index in [0.29, 0.717) is 0 Å². The van der Waals surface area contributed by atoms with E-state index in [2.05, 4.69) is 158 Å². The number of halogens is 2. The van der Waals surface area contributed by atoms with E-state index in [1.165, 1.54) is 77.5 Å². The molecule has 4 aromatic rings. The van der Waals surface area contributed by atoms with Gasteiger partial charge in [-0.05, 0) is 28.4 Å². The maximum absolute atomic E-state index is 3.67. The quantitative estimate of drug-likeness (QED) is 0.162. The van der Waals surface area contributed by atoms with Gasteiger partial charge in [0.25, 0.3) is 0 Å². The molecule has 4 aromatic carbocycles. The Balaban J connectivity index is 0.000000253. The second kappa shape index (κ2) is 16.1. The Morgan fingerprint density at radius 2 is 1.26 bits per heavy atom. The number of benzene rings is 4. The van der Waals surface area contributed by atoms with Gasteiger partial charge < -0.3 is 0 Å². The minimum atomic E-state index is 0. The second-order valence-corrected chi connectivity index (χ2v) is 14.1. The van der Waals surface area contributed by atoms with Gasteiger partial charge in [0.05, 0.1) is 0 Å². The fraction of sp³-hybridized carbons (Fsp3) is 0.275. The topological polar surface area (TPSA) is 0 Å². The monoisotopic (exact) mass is 684 g/mol. The van der Waals surface area contributed by atoms with Crippen LogP contribution in [0.15, 0.2) is 109 Å². The van der Waals surface area contributed by atoms with Gasteiger partial charge in [0.1, 0.15) is 0 Å². The summed E-state index contributed by atoms with van der Waals surface area (Å²) in [5.41, 5.74) is 12.7. The Labute approximate surface area is 287 Å². The molecule has 3 heteroatoms. The van der Waals surface area contributed by atoms with E-state index in [4.69, 9.17) is 0 Å². The molecule has 0 nitrogen and oxygen atoms in total. The van der Waals surface area contributed by atoms with Crippen molar-refractivity contribution < 1.29 is 24.2 Å². The zero-order valence-corrected chi connectivity index (χ0v) is 30.6. The van der Waals surface area contributed by atoms with Crippen molar-refractivity contribution in [1.29, 1.82) is 0 Å². The number of hydrogen-bond donors (Lipinski definition) is 0. The molecule has 0 unspecified atom stereocenters. The molecule has 0 saturated carbocycles. The molecular formula is C40H44Cl2Zr. The first-order chi connectivity index (χ1) is 19.4. The third kappa shape index (κ3) is 10.1. The number of rotatable bonds is 2.